The quantitative estimate of drug-likeness (QED) is 0.871. The van der Waals surface area contributed by atoms with E-state index in [1.807, 2.05) is 0 Å². The molecule has 1 fully saturated rings. The Hall–Kier alpha value is -1.40. The molecular formula is C14H18N2O3S. The number of rotatable bonds is 4. The minimum Gasteiger partial charge on any atom is -0.352 e. The van der Waals surface area contributed by atoms with E-state index in [0.717, 1.165) is 24.8 Å². The Kier molecular flexibility index (Phi) is 3.52. The van der Waals surface area contributed by atoms with E-state index in [2.05, 4.69) is 10.0 Å². The van der Waals surface area contributed by atoms with Crippen LogP contribution in [0, 0.1) is 5.92 Å². The SMILES string of the molecule is O=C1NCCc2ccc(S(=O)(=O)NCC3CCC3)cc21. The topological polar surface area (TPSA) is 75.3 Å². The van der Waals surface area contributed by atoms with Crippen LogP contribution in [-0.2, 0) is 16.4 Å². The predicted molar refractivity (Wildman–Crippen MR) is 75.0 cm³/mol. The van der Waals surface area contributed by atoms with Crippen LogP contribution in [0.15, 0.2) is 23.1 Å². The van der Waals surface area contributed by atoms with E-state index in [1.54, 1.807) is 12.1 Å². The van der Waals surface area contributed by atoms with Crippen LogP contribution in [0.2, 0.25) is 0 Å². The Balaban J connectivity index is 1.81. The number of hydrogen-bond acceptors (Lipinski definition) is 3. The second kappa shape index (κ2) is 5.18. The lowest BCUT2D eigenvalue weighted by Crippen LogP contribution is -2.34. The standard InChI is InChI=1S/C14H18N2O3S/c17-14-13-8-12(5-4-11(13)6-7-15-14)20(18,19)16-9-10-2-1-3-10/h4-5,8,10,16H,1-3,6-7,9H2,(H,15,17). The van der Waals surface area contributed by atoms with Crippen LogP contribution in [-0.4, -0.2) is 27.4 Å². The van der Waals surface area contributed by atoms with E-state index in [9.17, 15) is 13.2 Å². The summed E-state index contributed by atoms with van der Waals surface area (Å²) in [6.07, 6.45) is 4.12. The maximum atomic E-state index is 12.2. The molecule has 0 radical (unpaired) electrons. The van der Waals surface area contributed by atoms with Gasteiger partial charge in [0.1, 0.15) is 0 Å². The summed E-state index contributed by atoms with van der Waals surface area (Å²) in [4.78, 5) is 11.9. The number of carbonyl (C=O) groups is 1. The van der Waals surface area contributed by atoms with Crippen molar-refractivity contribution < 1.29 is 13.2 Å². The van der Waals surface area contributed by atoms with E-state index in [-0.39, 0.29) is 10.8 Å². The summed E-state index contributed by atoms with van der Waals surface area (Å²) in [7, 11) is -3.52. The monoisotopic (exact) mass is 294 g/mol. The first-order valence-corrected chi connectivity index (χ1v) is 8.45. The van der Waals surface area contributed by atoms with Crippen LogP contribution in [0.4, 0.5) is 0 Å². The summed E-state index contributed by atoms with van der Waals surface area (Å²) in [6.45, 7) is 1.10. The highest BCUT2D eigenvalue weighted by Gasteiger charge is 2.23. The van der Waals surface area contributed by atoms with Gasteiger partial charge in [-0.1, -0.05) is 12.5 Å². The fourth-order valence-electron chi connectivity index (χ4n) is 2.57. The molecular weight excluding hydrogens is 276 g/mol. The molecule has 1 aliphatic heterocycles. The molecule has 1 heterocycles. The third-order valence-electron chi connectivity index (χ3n) is 4.10. The van der Waals surface area contributed by atoms with E-state index >= 15 is 0 Å². The van der Waals surface area contributed by atoms with Gasteiger partial charge in [0.15, 0.2) is 0 Å². The molecule has 3 rings (SSSR count). The van der Waals surface area contributed by atoms with Crippen molar-refractivity contribution in [3.63, 3.8) is 0 Å². The summed E-state index contributed by atoms with van der Waals surface area (Å²) in [5.41, 5.74) is 1.38. The molecule has 5 nitrogen and oxygen atoms in total. The summed E-state index contributed by atoms with van der Waals surface area (Å²) < 4.78 is 27.1. The van der Waals surface area contributed by atoms with Crippen molar-refractivity contribution in [1.82, 2.24) is 10.0 Å². The molecule has 20 heavy (non-hydrogen) atoms. The number of nitrogens with one attached hydrogen (secondary N) is 2. The van der Waals surface area contributed by atoms with E-state index < -0.39 is 10.0 Å². The first-order chi connectivity index (χ1) is 9.56. The summed E-state index contributed by atoms with van der Waals surface area (Å²) in [6, 6.07) is 4.81. The minimum atomic E-state index is -3.52. The third kappa shape index (κ3) is 2.58. The van der Waals surface area contributed by atoms with Crippen LogP contribution in [0.5, 0.6) is 0 Å². The largest absolute Gasteiger partial charge is 0.352 e. The number of benzene rings is 1. The van der Waals surface area contributed by atoms with Crippen molar-refractivity contribution in [3.8, 4) is 0 Å². The first kappa shape index (κ1) is 13.6. The number of sulfonamides is 1. The minimum absolute atomic E-state index is 0.174. The third-order valence-corrected chi connectivity index (χ3v) is 5.52. The van der Waals surface area contributed by atoms with E-state index in [0.29, 0.717) is 24.6 Å². The van der Waals surface area contributed by atoms with Crippen molar-refractivity contribution in [2.75, 3.05) is 13.1 Å². The van der Waals surface area contributed by atoms with Gasteiger partial charge < -0.3 is 5.32 Å². The highest BCUT2D eigenvalue weighted by Crippen LogP contribution is 2.26. The van der Waals surface area contributed by atoms with Crippen molar-refractivity contribution in [2.45, 2.75) is 30.6 Å². The van der Waals surface area contributed by atoms with Gasteiger partial charge in [-0.15, -0.1) is 0 Å². The molecule has 0 bridgehead atoms. The van der Waals surface area contributed by atoms with Crippen LogP contribution >= 0.6 is 0 Å². The molecule has 1 amide bonds. The second-order valence-corrected chi connectivity index (χ2v) is 7.24. The Labute approximate surface area is 118 Å². The fourth-order valence-corrected chi connectivity index (χ4v) is 3.71. The van der Waals surface area contributed by atoms with Crippen LogP contribution in [0.1, 0.15) is 35.2 Å². The number of hydrogen-bond donors (Lipinski definition) is 2. The molecule has 108 valence electrons. The van der Waals surface area contributed by atoms with Gasteiger partial charge in [0.25, 0.3) is 5.91 Å². The van der Waals surface area contributed by atoms with Crippen LogP contribution < -0.4 is 10.0 Å². The van der Waals surface area contributed by atoms with E-state index in [4.69, 9.17) is 0 Å². The van der Waals surface area contributed by atoms with Gasteiger partial charge in [-0.25, -0.2) is 13.1 Å². The molecule has 1 aliphatic carbocycles. The van der Waals surface area contributed by atoms with Gasteiger partial charge in [0.05, 0.1) is 4.90 Å². The number of carbonyl (C=O) groups excluding carboxylic acids is 1. The lowest BCUT2D eigenvalue weighted by Gasteiger charge is -2.25. The zero-order valence-electron chi connectivity index (χ0n) is 11.2. The molecule has 6 heteroatoms. The molecule has 0 unspecified atom stereocenters. The molecule has 0 spiro atoms. The zero-order chi connectivity index (χ0) is 14.2. The Bertz CT molecular complexity index is 636. The molecule has 2 N–H and O–H groups in total. The predicted octanol–water partition coefficient (Wildman–Crippen LogP) is 1.05. The lowest BCUT2D eigenvalue weighted by molar-refractivity contribution is 0.0946. The average Bonchev–Trinajstić information content (AvgIpc) is 2.37. The molecule has 2 aliphatic rings. The molecule has 1 aromatic carbocycles. The van der Waals surface area contributed by atoms with Crippen LogP contribution in [0.25, 0.3) is 0 Å². The zero-order valence-corrected chi connectivity index (χ0v) is 12.0. The van der Waals surface area contributed by atoms with Gasteiger partial charge >= 0.3 is 0 Å². The maximum absolute atomic E-state index is 12.2. The Morgan fingerprint density at radius 2 is 2.10 bits per heavy atom. The molecule has 1 saturated carbocycles. The van der Waals surface area contributed by atoms with Crippen molar-refractivity contribution in [1.29, 1.82) is 0 Å². The van der Waals surface area contributed by atoms with Gasteiger partial charge in [0, 0.05) is 18.7 Å². The number of amides is 1. The van der Waals surface area contributed by atoms with Crippen molar-refractivity contribution in [3.05, 3.63) is 29.3 Å². The number of fused-ring (bicyclic) bond motifs is 1. The summed E-state index contributed by atoms with van der Waals surface area (Å²) in [5, 5.41) is 2.73. The second-order valence-electron chi connectivity index (χ2n) is 5.47. The lowest BCUT2D eigenvalue weighted by atomic mass is 9.86. The van der Waals surface area contributed by atoms with Gasteiger partial charge in [-0.2, -0.15) is 0 Å². The molecule has 0 aromatic heterocycles. The Morgan fingerprint density at radius 1 is 1.30 bits per heavy atom. The van der Waals surface area contributed by atoms with Gasteiger partial charge in [-0.05, 0) is 42.9 Å². The highest BCUT2D eigenvalue weighted by molar-refractivity contribution is 7.89. The average molecular weight is 294 g/mol. The smallest absolute Gasteiger partial charge is 0.251 e. The summed E-state index contributed by atoms with van der Waals surface area (Å²) in [5.74, 6) is 0.271. The Morgan fingerprint density at radius 3 is 2.80 bits per heavy atom. The normalized spacial score (nSPS) is 19.1. The highest BCUT2D eigenvalue weighted by atomic mass is 32.2. The fraction of sp³-hybridized carbons (Fsp3) is 0.500. The molecule has 0 atom stereocenters. The van der Waals surface area contributed by atoms with Gasteiger partial charge in [0.2, 0.25) is 10.0 Å². The maximum Gasteiger partial charge on any atom is 0.251 e. The van der Waals surface area contributed by atoms with Gasteiger partial charge in [-0.3, -0.25) is 4.79 Å². The summed E-state index contributed by atoms with van der Waals surface area (Å²) >= 11 is 0. The first-order valence-electron chi connectivity index (χ1n) is 6.97. The molecule has 1 aromatic rings. The van der Waals surface area contributed by atoms with Crippen LogP contribution in [0.3, 0.4) is 0 Å². The molecule has 0 saturated heterocycles. The van der Waals surface area contributed by atoms with E-state index in [1.165, 1.54) is 12.5 Å². The van der Waals surface area contributed by atoms with Crippen molar-refractivity contribution >= 4 is 15.9 Å². The van der Waals surface area contributed by atoms with Crippen molar-refractivity contribution in [2.24, 2.45) is 5.92 Å².